The monoisotopic (exact) mass is 296 g/mol. The van der Waals surface area contributed by atoms with Crippen molar-refractivity contribution in [2.45, 2.75) is 31.6 Å². The number of piperidine rings is 1. The molecule has 1 fully saturated rings. The zero-order valence-corrected chi connectivity index (χ0v) is 13.3. The molecule has 0 spiro atoms. The van der Waals surface area contributed by atoms with Gasteiger partial charge in [-0.2, -0.15) is 0 Å². The lowest BCUT2D eigenvalue weighted by molar-refractivity contribution is 0.311. The fourth-order valence-electron chi connectivity index (χ4n) is 2.78. The molecule has 0 aromatic heterocycles. The maximum atomic E-state index is 12.6. The third-order valence-corrected chi connectivity index (χ3v) is 5.98. The molecule has 112 valence electrons. The quantitative estimate of drug-likeness (QED) is 0.923. The van der Waals surface area contributed by atoms with E-state index in [1.807, 2.05) is 26.0 Å². The Morgan fingerprint density at radius 1 is 1.25 bits per heavy atom. The highest BCUT2D eigenvalue weighted by Gasteiger charge is 2.25. The van der Waals surface area contributed by atoms with E-state index in [-0.39, 0.29) is 0 Å². The van der Waals surface area contributed by atoms with Gasteiger partial charge in [0.05, 0.1) is 4.90 Å². The van der Waals surface area contributed by atoms with Crippen molar-refractivity contribution < 1.29 is 8.42 Å². The van der Waals surface area contributed by atoms with Crippen LogP contribution in [-0.4, -0.2) is 39.4 Å². The molecule has 1 aliphatic rings. The highest BCUT2D eigenvalue weighted by molar-refractivity contribution is 7.89. The second kappa shape index (κ2) is 6.24. The minimum Gasteiger partial charge on any atom is -0.317 e. The van der Waals surface area contributed by atoms with Gasteiger partial charge in [0, 0.05) is 13.6 Å². The normalized spacial score (nSPS) is 17.6. The molecule has 0 unspecified atom stereocenters. The van der Waals surface area contributed by atoms with Crippen molar-refractivity contribution in [1.29, 1.82) is 0 Å². The van der Waals surface area contributed by atoms with Crippen LogP contribution < -0.4 is 5.32 Å². The van der Waals surface area contributed by atoms with Gasteiger partial charge in [-0.15, -0.1) is 0 Å². The number of hydrogen-bond donors (Lipinski definition) is 1. The Hall–Kier alpha value is -0.910. The summed E-state index contributed by atoms with van der Waals surface area (Å²) in [4.78, 5) is 0.430. The summed E-state index contributed by atoms with van der Waals surface area (Å²) in [7, 11) is -1.68. The van der Waals surface area contributed by atoms with Crippen molar-refractivity contribution >= 4 is 10.0 Å². The maximum absolute atomic E-state index is 12.6. The Morgan fingerprint density at radius 2 is 1.90 bits per heavy atom. The van der Waals surface area contributed by atoms with Gasteiger partial charge in [0.15, 0.2) is 0 Å². The molecule has 0 saturated carbocycles. The Kier molecular flexibility index (Phi) is 4.83. The molecule has 0 radical (unpaired) electrons. The summed E-state index contributed by atoms with van der Waals surface area (Å²) in [5, 5.41) is 3.31. The van der Waals surface area contributed by atoms with Gasteiger partial charge < -0.3 is 5.32 Å². The van der Waals surface area contributed by atoms with Crippen molar-refractivity contribution in [3.8, 4) is 0 Å². The van der Waals surface area contributed by atoms with Crippen LogP contribution >= 0.6 is 0 Å². The first kappa shape index (κ1) is 15.5. The second-order valence-electron chi connectivity index (χ2n) is 5.75. The molecule has 1 aliphatic heterocycles. The zero-order chi connectivity index (χ0) is 14.8. The predicted octanol–water partition coefficient (Wildman–Crippen LogP) is 1.92. The van der Waals surface area contributed by atoms with Crippen LogP contribution in [0.15, 0.2) is 23.1 Å². The van der Waals surface area contributed by atoms with Gasteiger partial charge in [0.1, 0.15) is 0 Å². The number of rotatable bonds is 4. The molecule has 1 heterocycles. The van der Waals surface area contributed by atoms with Crippen molar-refractivity contribution in [1.82, 2.24) is 9.62 Å². The summed E-state index contributed by atoms with van der Waals surface area (Å²) in [5.41, 5.74) is 1.91. The lowest BCUT2D eigenvalue weighted by Crippen LogP contribution is -2.37. The van der Waals surface area contributed by atoms with Gasteiger partial charge in [-0.25, -0.2) is 12.7 Å². The molecule has 2 rings (SSSR count). The number of nitrogens with zero attached hydrogens (tertiary/aromatic N) is 1. The SMILES string of the molecule is Cc1ccc(S(=O)(=O)N(C)CC2CCNCC2)c(C)c1. The van der Waals surface area contributed by atoms with Gasteiger partial charge in [0.25, 0.3) is 0 Å². The Labute approximate surface area is 122 Å². The van der Waals surface area contributed by atoms with Gasteiger partial charge in [-0.1, -0.05) is 17.7 Å². The maximum Gasteiger partial charge on any atom is 0.243 e. The highest BCUT2D eigenvalue weighted by Crippen LogP contribution is 2.22. The molecular formula is C15H24N2O2S. The molecule has 0 aliphatic carbocycles. The van der Waals surface area contributed by atoms with E-state index < -0.39 is 10.0 Å². The van der Waals surface area contributed by atoms with Gasteiger partial charge in [-0.3, -0.25) is 0 Å². The van der Waals surface area contributed by atoms with Crippen LogP contribution in [0.4, 0.5) is 0 Å². The third-order valence-electron chi connectivity index (χ3n) is 3.99. The summed E-state index contributed by atoms with van der Waals surface area (Å²) >= 11 is 0. The first-order valence-electron chi connectivity index (χ1n) is 7.15. The van der Waals surface area contributed by atoms with Crippen LogP contribution in [0.3, 0.4) is 0 Å². The fraction of sp³-hybridized carbons (Fsp3) is 0.600. The van der Waals surface area contributed by atoms with E-state index in [9.17, 15) is 8.42 Å². The van der Waals surface area contributed by atoms with E-state index in [1.54, 1.807) is 13.1 Å². The van der Waals surface area contributed by atoms with Crippen LogP contribution in [0.25, 0.3) is 0 Å². The average molecular weight is 296 g/mol. The van der Waals surface area contributed by atoms with Crippen molar-refractivity contribution in [2.75, 3.05) is 26.7 Å². The van der Waals surface area contributed by atoms with E-state index in [4.69, 9.17) is 0 Å². The first-order valence-corrected chi connectivity index (χ1v) is 8.59. The van der Waals surface area contributed by atoms with E-state index in [1.165, 1.54) is 4.31 Å². The number of sulfonamides is 1. The number of aryl methyl sites for hydroxylation is 2. The summed E-state index contributed by atoms with van der Waals surface area (Å²) in [6, 6.07) is 5.50. The molecule has 1 N–H and O–H groups in total. The van der Waals surface area contributed by atoms with E-state index >= 15 is 0 Å². The molecule has 20 heavy (non-hydrogen) atoms. The molecule has 0 bridgehead atoms. The van der Waals surface area contributed by atoms with Crippen molar-refractivity contribution in [3.63, 3.8) is 0 Å². The highest BCUT2D eigenvalue weighted by atomic mass is 32.2. The van der Waals surface area contributed by atoms with E-state index in [0.717, 1.165) is 37.1 Å². The first-order chi connectivity index (χ1) is 9.41. The largest absolute Gasteiger partial charge is 0.317 e. The van der Waals surface area contributed by atoms with Gasteiger partial charge >= 0.3 is 0 Å². The number of nitrogens with one attached hydrogen (secondary N) is 1. The van der Waals surface area contributed by atoms with Crippen LogP contribution in [-0.2, 0) is 10.0 Å². The van der Waals surface area contributed by atoms with Crippen LogP contribution in [0.2, 0.25) is 0 Å². The zero-order valence-electron chi connectivity index (χ0n) is 12.5. The Morgan fingerprint density at radius 3 is 2.50 bits per heavy atom. The minimum atomic E-state index is -3.37. The molecule has 4 nitrogen and oxygen atoms in total. The lowest BCUT2D eigenvalue weighted by atomic mass is 9.98. The average Bonchev–Trinajstić information content (AvgIpc) is 2.39. The predicted molar refractivity (Wildman–Crippen MR) is 81.3 cm³/mol. The third kappa shape index (κ3) is 3.40. The molecule has 0 amide bonds. The summed E-state index contributed by atoms with van der Waals surface area (Å²) in [6.07, 6.45) is 2.10. The standard InChI is InChI=1S/C15H24N2O2S/c1-12-4-5-15(13(2)10-12)20(18,19)17(3)11-14-6-8-16-9-7-14/h4-5,10,14,16H,6-9,11H2,1-3H3. The summed E-state index contributed by atoms with van der Waals surface area (Å²) in [5.74, 6) is 0.460. The van der Waals surface area contributed by atoms with E-state index in [2.05, 4.69) is 5.32 Å². The molecule has 0 atom stereocenters. The molecule has 5 heteroatoms. The van der Waals surface area contributed by atoms with Gasteiger partial charge in [0.2, 0.25) is 10.0 Å². The van der Waals surface area contributed by atoms with E-state index in [0.29, 0.717) is 17.4 Å². The molecule has 1 aromatic carbocycles. The molecule has 1 saturated heterocycles. The molecule has 1 aromatic rings. The topological polar surface area (TPSA) is 49.4 Å². The summed E-state index contributed by atoms with van der Waals surface area (Å²) in [6.45, 7) is 6.42. The van der Waals surface area contributed by atoms with Crippen molar-refractivity contribution in [2.24, 2.45) is 5.92 Å². The molecular weight excluding hydrogens is 272 g/mol. The smallest absolute Gasteiger partial charge is 0.243 e. The van der Waals surface area contributed by atoms with Crippen LogP contribution in [0.5, 0.6) is 0 Å². The minimum absolute atomic E-state index is 0.430. The van der Waals surface area contributed by atoms with Gasteiger partial charge in [-0.05, 0) is 57.3 Å². The number of benzene rings is 1. The Bertz CT molecular complexity index is 563. The second-order valence-corrected chi connectivity index (χ2v) is 7.76. The Balaban J connectivity index is 2.16. The van der Waals surface area contributed by atoms with Crippen LogP contribution in [0, 0.1) is 19.8 Å². The number of hydrogen-bond acceptors (Lipinski definition) is 3. The fourth-order valence-corrected chi connectivity index (χ4v) is 4.23. The van der Waals surface area contributed by atoms with Crippen LogP contribution in [0.1, 0.15) is 24.0 Å². The van der Waals surface area contributed by atoms with Crippen molar-refractivity contribution in [3.05, 3.63) is 29.3 Å². The summed E-state index contributed by atoms with van der Waals surface area (Å²) < 4.78 is 26.8. The lowest BCUT2D eigenvalue weighted by Gasteiger charge is -2.27.